The lowest BCUT2D eigenvalue weighted by Gasteiger charge is -2.12. The molecule has 0 unspecified atom stereocenters. The third kappa shape index (κ3) is 3.18. The zero-order chi connectivity index (χ0) is 13.7. The summed E-state index contributed by atoms with van der Waals surface area (Å²) in [5.74, 6) is 0. The molecular formula is C16H16N2O. The van der Waals surface area contributed by atoms with E-state index in [-0.39, 0.29) is 6.10 Å². The van der Waals surface area contributed by atoms with Gasteiger partial charge in [-0.15, -0.1) is 0 Å². The van der Waals surface area contributed by atoms with E-state index in [1.807, 2.05) is 38.1 Å². The molecule has 0 N–H and O–H groups in total. The highest BCUT2D eigenvalue weighted by molar-refractivity contribution is 5.63. The Balaban J connectivity index is 2.20. The average Bonchev–Trinajstić information content (AvgIpc) is 2.48. The van der Waals surface area contributed by atoms with Gasteiger partial charge < -0.3 is 4.74 Å². The van der Waals surface area contributed by atoms with Crippen molar-refractivity contribution in [3.8, 4) is 17.2 Å². The van der Waals surface area contributed by atoms with Gasteiger partial charge in [0.15, 0.2) is 0 Å². The highest BCUT2D eigenvalue weighted by atomic mass is 16.5. The summed E-state index contributed by atoms with van der Waals surface area (Å²) in [6, 6.07) is 13.9. The molecule has 0 fully saturated rings. The molecule has 2 aromatic rings. The topological polar surface area (TPSA) is 45.9 Å². The summed E-state index contributed by atoms with van der Waals surface area (Å²) in [4.78, 5) is 4.07. The van der Waals surface area contributed by atoms with Gasteiger partial charge in [-0.05, 0) is 37.1 Å². The first kappa shape index (κ1) is 13.3. The van der Waals surface area contributed by atoms with Gasteiger partial charge in [-0.1, -0.05) is 24.3 Å². The Bertz CT molecular complexity index is 567. The molecule has 0 amide bonds. The Morgan fingerprint density at radius 2 is 1.84 bits per heavy atom. The van der Waals surface area contributed by atoms with Crippen molar-refractivity contribution in [3.63, 3.8) is 0 Å². The van der Waals surface area contributed by atoms with Gasteiger partial charge in [0.25, 0.3) is 0 Å². The number of rotatable bonds is 4. The Kier molecular flexibility index (Phi) is 4.27. The van der Waals surface area contributed by atoms with Crippen LogP contribution in [0.3, 0.4) is 0 Å². The first-order chi connectivity index (χ1) is 9.24. The monoisotopic (exact) mass is 252 g/mol. The number of nitriles is 1. The number of aromatic nitrogens is 1. The quantitative estimate of drug-likeness (QED) is 0.833. The minimum Gasteiger partial charge on any atom is -0.374 e. The SMILES string of the molecule is CCO[C@@H](C)c1ccc(-c2ccc(C#N)nc2)cc1. The largest absolute Gasteiger partial charge is 0.374 e. The number of benzene rings is 1. The van der Waals surface area contributed by atoms with Gasteiger partial charge in [0.2, 0.25) is 0 Å². The maximum Gasteiger partial charge on any atom is 0.140 e. The number of ether oxygens (including phenoxy) is 1. The molecule has 0 spiro atoms. The molecule has 3 nitrogen and oxygen atoms in total. The minimum absolute atomic E-state index is 0.109. The fraction of sp³-hybridized carbons (Fsp3) is 0.250. The lowest BCUT2D eigenvalue weighted by Crippen LogP contribution is -1.98. The second kappa shape index (κ2) is 6.12. The Morgan fingerprint density at radius 1 is 1.16 bits per heavy atom. The average molecular weight is 252 g/mol. The van der Waals surface area contributed by atoms with E-state index in [4.69, 9.17) is 10.00 Å². The third-order valence-electron chi connectivity index (χ3n) is 3.01. The molecule has 0 aliphatic rings. The standard InChI is InChI=1S/C16H16N2O/c1-3-19-12(2)13-4-6-14(7-5-13)15-8-9-16(10-17)18-11-15/h4-9,11-12H,3H2,1-2H3/t12-/m0/s1. The summed E-state index contributed by atoms with van der Waals surface area (Å²) in [5, 5.41) is 8.72. The molecule has 0 saturated heterocycles. The van der Waals surface area contributed by atoms with Crippen LogP contribution in [-0.2, 0) is 4.74 Å². The van der Waals surface area contributed by atoms with E-state index in [1.54, 1.807) is 12.3 Å². The molecule has 0 bridgehead atoms. The van der Waals surface area contributed by atoms with Crippen molar-refractivity contribution >= 4 is 0 Å². The van der Waals surface area contributed by atoms with Gasteiger partial charge >= 0.3 is 0 Å². The molecular weight excluding hydrogens is 236 g/mol. The fourth-order valence-corrected chi connectivity index (χ4v) is 1.92. The number of hydrogen-bond donors (Lipinski definition) is 0. The van der Waals surface area contributed by atoms with E-state index in [2.05, 4.69) is 17.1 Å². The summed E-state index contributed by atoms with van der Waals surface area (Å²) in [7, 11) is 0. The van der Waals surface area contributed by atoms with Gasteiger partial charge in [-0.3, -0.25) is 0 Å². The molecule has 0 radical (unpaired) electrons. The fourth-order valence-electron chi connectivity index (χ4n) is 1.92. The van der Waals surface area contributed by atoms with Crippen LogP contribution in [0.1, 0.15) is 31.2 Å². The summed E-state index contributed by atoms with van der Waals surface area (Å²) in [6.45, 7) is 4.75. The van der Waals surface area contributed by atoms with Crippen LogP contribution < -0.4 is 0 Å². The number of pyridine rings is 1. The lowest BCUT2D eigenvalue weighted by molar-refractivity contribution is 0.0764. The van der Waals surface area contributed by atoms with Gasteiger partial charge in [-0.25, -0.2) is 4.98 Å². The number of nitrogens with zero attached hydrogens (tertiary/aromatic N) is 2. The van der Waals surface area contributed by atoms with Crippen LogP contribution in [0, 0.1) is 11.3 Å². The van der Waals surface area contributed by atoms with Crippen LogP contribution >= 0.6 is 0 Å². The summed E-state index contributed by atoms with van der Waals surface area (Å²) in [6.07, 6.45) is 1.83. The van der Waals surface area contributed by atoms with E-state index in [0.29, 0.717) is 12.3 Å². The summed E-state index contributed by atoms with van der Waals surface area (Å²) in [5.41, 5.74) is 3.69. The molecule has 1 aromatic carbocycles. The van der Waals surface area contributed by atoms with Gasteiger partial charge in [-0.2, -0.15) is 5.26 Å². The van der Waals surface area contributed by atoms with E-state index in [0.717, 1.165) is 16.7 Å². The maximum atomic E-state index is 8.72. The van der Waals surface area contributed by atoms with Crippen molar-refractivity contribution in [2.24, 2.45) is 0 Å². The van der Waals surface area contributed by atoms with E-state index in [1.165, 1.54) is 0 Å². The van der Waals surface area contributed by atoms with E-state index >= 15 is 0 Å². The highest BCUT2D eigenvalue weighted by Crippen LogP contribution is 2.22. The normalized spacial score (nSPS) is 11.8. The van der Waals surface area contributed by atoms with E-state index in [9.17, 15) is 0 Å². The molecule has 2 rings (SSSR count). The van der Waals surface area contributed by atoms with Crippen molar-refractivity contribution in [3.05, 3.63) is 53.9 Å². The Hall–Kier alpha value is -2.18. The lowest BCUT2D eigenvalue weighted by atomic mass is 10.0. The molecule has 96 valence electrons. The van der Waals surface area contributed by atoms with E-state index < -0.39 is 0 Å². The van der Waals surface area contributed by atoms with Crippen LogP contribution in [0.2, 0.25) is 0 Å². The Morgan fingerprint density at radius 3 is 2.37 bits per heavy atom. The zero-order valence-corrected chi connectivity index (χ0v) is 11.1. The second-order valence-electron chi connectivity index (χ2n) is 4.26. The van der Waals surface area contributed by atoms with Crippen molar-refractivity contribution in [1.82, 2.24) is 4.98 Å². The molecule has 1 aromatic heterocycles. The Labute approximate surface area is 113 Å². The zero-order valence-electron chi connectivity index (χ0n) is 11.1. The maximum absolute atomic E-state index is 8.72. The van der Waals surface area contributed by atoms with Crippen LogP contribution in [0.25, 0.3) is 11.1 Å². The highest BCUT2D eigenvalue weighted by Gasteiger charge is 2.05. The molecule has 1 atom stereocenters. The predicted molar refractivity (Wildman–Crippen MR) is 74.4 cm³/mol. The smallest absolute Gasteiger partial charge is 0.140 e. The summed E-state index contributed by atoms with van der Waals surface area (Å²) < 4.78 is 5.56. The molecule has 0 aliphatic heterocycles. The molecule has 3 heteroatoms. The molecule has 19 heavy (non-hydrogen) atoms. The molecule has 0 aliphatic carbocycles. The third-order valence-corrected chi connectivity index (χ3v) is 3.01. The van der Waals surface area contributed by atoms with Crippen molar-refractivity contribution in [2.75, 3.05) is 6.61 Å². The number of hydrogen-bond acceptors (Lipinski definition) is 3. The van der Waals surface area contributed by atoms with Gasteiger partial charge in [0, 0.05) is 18.4 Å². The van der Waals surface area contributed by atoms with Crippen molar-refractivity contribution < 1.29 is 4.74 Å². The molecule has 0 saturated carbocycles. The van der Waals surface area contributed by atoms with Crippen LogP contribution in [0.15, 0.2) is 42.6 Å². The molecule has 1 heterocycles. The first-order valence-electron chi connectivity index (χ1n) is 6.32. The van der Waals surface area contributed by atoms with Crippen molar-refractivity contribution in [1.29, 1.82) is 5.26 Å². The van der Waals surface area contributed by atoms with Crippen molar-refractivity contribution in [2.45, 2.75) is 20.0 Å². The van der Waals surface area contributed by atoms with Gasteiger partial charge in [0.1, 0.15) is 11.8 Å². The minimum atomic E-state index is 0.109. The summed E-state index contributed by atoms with van der Waals surface area (Å²) >= 11 is 0. The first-order valence-corrected chi connectivity index (χ1v) is 6.32. The second-order valence-corrected chi connectivity index (χ2v) is 4.26. The van der Waals surface area contributed by atoms with Crippen LogP contribution in [-0.4, -0.2) is 11.6 Å². The predicted octanol–water partition coefficient (Wildman–Crippen LogP) is 3.72. The van der Waals surface area contributed by atoms with Crippen LogP contribution in [0.5, 0.6) is 0 Å². The van der Waals surface area contributed by atoms with Gasteiger partial charge in [0.05, 0.1) is 6.10 Å². The van der Waals surface area contributed by atoms with Crippen LogP contribution in [0.4, 0.5) is 0 Å².